The third kappa shape index (κ3) is 9.71. The van der Waals surface area contributed by atoms with E-state index < -0.39 is 64.3 Å². The van der Waals surface area contributed by atoms with Gasteiger partial charge in [0.1, 0.15) is 36.5 Å². The Morgan fingerprint density at radius 2 is 1.93 bits per heavy atom. The summed E-state index contributed by atoms with van der Waals surface area (Å²) in [5.41, 5.74) is 10.4. The van der Waals surface area contributed by atoms with E-state index in [-0.39, 0.29) is 37.2 Å². The molecule has 19 heteroatoms. The number of alkyl carbamates (subject to hydrolysis) is 1. The van der Waals surface area contributed by atoms with Crippen LogP contribution in [0.1, 0.15) is 36.5 Å². The van der Waals surface area contributed by atoms with Crippen molar-refractivity contribution in [2.45, 2.75) is 75.0 Å². The van der Waals surface area contributed by atoms with Crippen LogP contribution >= 0.6 is 11.3 Å². The highest BCUT2D eigenvalue weighted by Crippen LogP contribution is 2.36. The van der Waals surface area contributed by atoms with Crippen LogP contribution in [-0.2, 0) is 46.6 Å². The van der Waals surface area contributed by atoms with E-state index in [4.69, 9.17) is 38.7 Å². The SMILES string of the molecule is Cc1nc(COc2ccc(CC(NC(=O)OC3COC4OCCC34)C(CNC(C(C)C)S(=O)(=O)c3ccc4c(c3)OCO4)OC(=O)CN=[N+]=[N-])cc2)cs1. The van der Waals surface area contributed by atoms with E-state index in [1.165, 1.54) is 29.5 Å². The largest absolute Gasteiger partial charge is 0.487 e. The van der Waals surface area contributed by atoms with Crippen molar-refractivity contribution in [2.75, 3.05) is 33.1 Å². The number of aromatic nitrogens is 1. The number of ether oxygens (including phenoxy) is 7. The van der Waals surface area contributed by atoms with Crippen LogP contribution in [0.25, 0.3) is 10.4 Å². The van der Waals surface area contributed by atoms with Gasteiger partial charge in [-0.15, -0.1) is 11.3 Å². The van der Waals surface area contributed by atoms with Crippen LogP contribution in [0.4, 0.5) is 4.79 Å². The van der Waals surface area contributed by atoms with Gasteiger partial charge >= 0.3 is 12.1 Å². The molecule has 54 heavy (non-hydrogen) atoms. The predicted molar refractivity (Wildman–Crippen MR) is 193 cm³/mol. The lowest BCUT2D eigenvalue weighted by Crippen LogP contribution is -2.54. The molecule has 0 aliphatic carbocycles. The van der Waals surface area contributed by atoms with Crippen molar-refractivity contribution >= 4 is 33.2 Å². The highest BCUT2D eigenvalue weighted by atomic mass is 32.2. The Morgan fingerprint density at radius 3 is 2.67 bits per heavy atom. The minimum atomic E-state index is -4.03. The van der Waals surface area contributed by atoms with Gasteiger partial charge in [0.05, 0.1) is 40.8 Å². The van der Waals surface area contributed by atoms with E-state index in [2.05, 4.69) is 25.6 Å². The number of sulfone groups is 1. The number of hydrogen-bond acceptors (Lipinski definition) is 15. The van der Waals surface area contributed by atoms with Crippen molar-refractivity contribution in [3.05, 3.63) is 74.6 Å². The maximum atomic E-state index is 14.0. The summed E-state index contributed by atoms with van der Waals surface area (Å²) < 4.78 is 67.5. The minimum absolute atomic E-state index is 0.00769. The zero-order valence-corrected chi connectivity index (χ0v) is 31.5. The summed E-state index contributed by atoms with van der Waals surface area (Å²) in [5, 5.41) is 11.0. The second kappa shape index (κ2) is 17.7. The number of carbonyl (C=O) groups is 2. The average Bonchev–Trinajstić information content (AvgIpc) is 3.96. The number of fused-ring (bicyclic) bond motifs is 2. The highest BCUT2D eigenvalue weighted by molar-refractivity contribution is 7.92. The summed E-state index contributed by atoms with van der Waals surface area (Å²) in [5.74, 6) is -0.122. The summed E-state index contributed by atoms with van der Waals surface area (Å²) in [4.78, 5) is 33.5. The lowest BCUT2D eigenvalue weighted by atomic mass is 10.0. The first kappa shape index (κ1) is 39.1. The summed E-state index contributed by atoms with van der Waals surface area (Å²) in [6.07, 6.45) is -2.17. The van der Waals surface area contributed by atoms with Crippen LogP contribution in [0.3, 0.4) is 0 Å². The van der Waals surface area contributed by atoms with Crippen molar-refractivity contribution in [1.82, 2.24) is 15.6 Å². The number of nitrogens with zero attached hydrogens (tertiary/aromatic N) is 4. The topological polar surface area (TPSA) is 219 Å². The molecule has 0 radical (unpaired) electrons. The van der Waals surface area contributed by atoms with Crippen molar-refractivity contribution in [2.24, 2.45) is 17.0 Å². The number of thiazole rings is 1. The third-order valence-electron chi connectivity index (χ3n) is 9.11. The third-order valence-corrected chi connectivity index (χ3v) is 12.2. The molecule has 2 N–H and O–H groups in total. The second-order valence-electron chi connectivity index (χ2n) is 13.3. The fraction of sp³-hybridized carbons (Fsp3) is 0.514. The minimum Gasteiger partial charge on any atom is -0.487 e. The van der Waals surface area contributed by atoms with Crippen LogP contribution in [0.2, 0.25) is 0 Å². The lowest BCUT2D eigenvalue weighted by Gasteiger charge is -2.31. The first-order valence-corrected chi connectivity index (χ1v) is 19.8. The molecule has 3 aliphatic rings. The Bertz CT molecular complexity index is 1940. The van der Waals surface area contributed by atoms with Crippen molar-refractivity contribution in [1.29, 1.82) is 0 Å². The Balaban J connectivity index is 1.23. The van der Waals surface area contributed by atoms with Gasteiger partial charge < -0.3 is 38.5 Å². The molecule has 1 amide bonds. The van der Waals surface area contributed by atoms with E-state index in [1.807, 2.05) is 12.3 Å². The highest BCUT2D eigenvalue weighted by Gasteiger charge is 2.44. The number of esters is 1. The molecule has 290 valence electrons. The number of amides is 1. The Labute approximate surface area is 316 Å². The molecule has 2 fully saturated rings. The quantitative estimate of drug-likeness (QED) is 0.0839. The number of azide groups is 1. The molecule has 1 aromatic heterocycles. The number of nitrogens with one attached hydrogen (secondary N) is 2. The zero-order chi connectivity index (χ0) is 38.2. The number of carbonyl (C=O) groups excluding carboxylic acids is 2. The van der Waals surface area contributed by atoms with Crippen molar-refractivity contribution in [3.8, 4) is 17.2 Å². The lowest BCUT2D eigenvalue weighted by molar-refractivity contribution is -0.148. The number of benzene rings is 2. The van der Waals surface area contributed by atoms with Crippen LogP contribution in [0, 0.1) is 18.8 Å². The first-order valence-electron chi connectivity index (χ1n) is 17.4. The zero-order valence-electron chi connectivity index (χ0n) is 29.9. The Kier molecular flexibility index (Phi) is 12.8. The summed E-state index contributed by atoms with van der Waals surface area (Å²) >= 11 is 1.53. The summed E-state index contributed by atoms with van der Waals surface area (Å²) in [6, 6.07) is 10.6. The molecule has 2 saturated heterocycles. The molecule has 3 aliphatic heterocycles. The predicted octanol–water partition coefficient (Wildman–Crippen LogP) is 4.43. The molecule has 2 aromatic carbocycles. The summed E-state index contributed by atoms with van der Waals surface area (Å²) in [6.45, 7) is 5.47. The number of hydrogen-bond donors (Lipinski definition) is 2. The number of rotatable bonds is 17. The molecular weight excluding hydrogens is 745 g/mol. The molecular formula is C35H42N6O11S2. The molecule has 17 nitrogen and oxygen atoms in total. The van der Waals surface area contributed by atoms with Gasteiger partial charge in [-0.2, -0.15) is 0 Å². The van der Waals surface area contributed by atoms with Crippen LogP contribution in [0.15, 0.2) is 57.9 Å². The van der Waals surface area contributed by atoms with Crippen LogP contribution < -0.4 is 24.8 Å². The first-order chi connectivity index (χ1) is 26.0. The fourth-order valence-corrected chi connectivity index (χ4v) is 8.90. The van der Waals surface area contributed by atoms with E-state index >= 15 is 0 Å². The van der Waals surface area contributed by atoms with E-state index in [0.717, 1.165) is 16.3 Å². The molecule has 3 aromatic rings. The molecule has 6 rings (SSSR count). The molecule has 0 spiro atoms. The Hall–Kier alpha value is -4.65. The molecule has 4 heterocycles. The van der Waals surface area contributed by atoms with E-state index in [9.17, 15) is 18.0 Å². The standard InChI is InChI=1S/C35H42N6O11S2/c1-20(2)33(54(44,45)25-8-9-28-29(13-25)50-19-49-28)37-14-30(51-32(42)15-38-41-36)27(40-35(43)52-31-17-48-34-26(31)10-11-46-34)12-22-4-6-24(7-5-22)47-16-23-18-53-21(3)39-23/h4-9,13,18,20,26-27,30-31,33-34,37H,10-12,14-17,19H2,1-3H3,(H,40,43). The smallest absolute Gasteiger partial charge is 0.407 e. The molecule has 0 bridgehead atoms. The fourth-order valence-electron chi connectivity index (χ4n) is 6.45. The molecule has 6 unspecified atom stereocenters. The van der Waals surface area contributed by atoms with E-state index in [0.29, 0.717) is 36.9 Å². The van der Waals surface area contributed by atoms with Crippen LogP contribution in [0.5, 0.6) is 17.2 Å². The van der Waals surface area contributed by atoms with Crippen LogP contribution in [-0.4, -0.2) is 88.5 Å². The number of aryl methyl sites for hydroxylation is 1. The molecule has 6 atom stereocenters. The van der Waals surface area contributed by atoms with Gasteiger partial charge in [0.15, 0.2) is 27.6 Å². The molecule has 0 saturated carbocycles. The van der Waals surface area contributed by atoms with Gasteiger partial charge in [-0.25, -0.2) is 18.2 Å². The monoisotopic (exact) mass is 786 g/mol. The van der Waals surface area contributed by atoms with Gasteiger partial charge in [0, 0.05) is 22.9 Å². The van der Waals surface area contributed by atoms with Gasteiger partial charge in [-0.05, 0) is 61.0 Å². The maximum Gasteiger partial charge on any atom is 0.407 e. The van der Waals surface area contributed by atoms with E-state index in [1.54, 1.807) is 38.1 Å². The van der Waals surface area contributed by atoms with Gasteiger partial charge in [0.25, 0.3) is 0 Å². The second-order valence-corrected chi connectivity index (χ2v) is 16.4. The average molecular weight is 787 g/mol. The van der Waals surface area contributed by atoms with Gasteiger partial charge in [-0.3, -0.25) is 10.1 Å². The normalized spacial score (nSPS) is 20.4. The maximum absolute atomic E-state index is 14.0. The van der Waals surface area contributed by atoms with Gasteiger partial charge in [0.2, 0.25) is 6.79 Å². The summed E-state index contributed by atoms with van der Waals surface area (Å²) in [7, 11) is -4.03. The van der Waals surface area contributed by atoms with Crippen molar-refractivity contribution < 1.29 is 51.2 Å². The van der Waals surface area contributed by atoms with Crippen molar-refractivity contribution in [3.63, 3.8) is 0 Å². The van der Waals surface area contributed by atoms with Gasteiger partial charge in [-0.1, -0.05) is 31.1 Å². The Morgan fingerprint density at radius 1 is 1.13 bits per heavy atom.